The highest BCUT2D eigenvalue weighted by Gasteiger charge is 1.96. The molecule has 0 aromatic carbocycles. The first-order valence-electron chi connectivity index (χ1n) is 2.72. The minimum absolute atomic E-state index is 0.719. The average Bonchev–Trinajstić information content (AvgIpc) is 2.04. The molecule has 6 heteroatoms. The van der Waals surface area contributed by atoms with Crippen LogP contribution < -0.4 is 0 Å². The molecule has 0 aromatic rings. The molecule has 0 saturated heterocycles. The summed E-state index contributed by atoms with van der Waals surface area (Å²) in [6.07, 6.45) is 2.42. The molecule has 0 fully saturated rings. The lowest BCUT2D eigenvalue weighted by Crippen LogP contribution is -2.00. The smallest absolute Gasteiger partial charge is 0.372 e. The fourth-order valence-corrected chi connectivity index (χ4v) is 0.269. The van der Waals surface area contributed by atoms with E-state index in [-0.39, 0.29) is 0 Å². The molecule has 0 radical (unpaired) electrons. The molecule has 12 heavy (non-hydrogen) atoms. The van der Waals surface area contributed by atoms with Gasteiger partial charge in [-0.05, 0) is 5.04 Å². The van der Waals surface area contributed by atoms with Crippen molar-refractivity contribution < 1.29 is 29.5 Å². The molecule has 0 rings (SSSR count). The maximum absolute atomic E-state index is 10.3. The molecule has 6 nitrogen and oxygen atoms in total. The summed E-state index contributed by atoms with van der Waals surface area (Å²) in [5.74, 6) is -1.74. The molecule has 0 aliphatic rings. The van der Waals surface area contributed by atoms with Crippen molar-refractivity contribution >= 4 is 11.9 Å². The second kappa shape index (κ2) is 6.08. The van der Waals surface area contributed by atoms with Crippen molar-refractivity contribution in [3.05, 3.63) is 25.0 Å². The summed E-state index contributed by atoms with van der Waals surface area (Å²) in [7, 11) is 0. The number of hydrogen-bond donors (Lipinski definition) is 1. The monoisotopic (exact) mass is 174 g/mol. The normalized spacial score (nSPS) is 9.42. The predicted molar refractivity (Wildman–Crippen MR) is 35.2 cm³/mol. The molecule has 0 bridgehead atoms. The standard InChI is InChI=1S/C6H6O6/c1-2-5(7)10-4-3-6(8)11-12-9/h2-4,9H,1H2. The van der Waals surface area contributed by atoms with Crippen LogP contribution in [0.15, 0.2) is 25.0 Å². The zero-order chi connectivity index (χ0) is 9.40. The van der Waals surface area contributed by atoms with Gasteiger partial charge >= 0.3 is 11.9 Å². The Bertz CT molecular complexity index is 206. The van der Waals surface area contributed by atoms with Crippen molar-refractivity contribution in [3.63, 3.8) is 0 Å². The van der Waals surface area contributed by atoms with Crippen LogP contribution in [0.5, 0.6) is 0 Å². The predicted octanol–water partition coefficient (Wildman–Crippen LogP) is 0.177. The topological polar surface area (TPSA) is 82.1 Å². The Balaban J connectivity index is 3.68. The average molecular weight is 174 g/mol. The first kappa shape index (κ1) is 10.3. The zero-order valence-electron chi connectivity index (χ0n) is 5.93. The van der Waals surface area contributed by atoms with E-state index in [4.69, 9.17) is 5.26 Å². The van der Waals surface area contributed by atoms with Crippen LogP contribution in [0.1, 0.15) is 0 Å². The van der Waals surface area contributed by atoms with Crippen LogP contribution in [-0.4, -0.2) is 17.2 Å². The van der Waals surface area contributed by atoms with E-state index in [0.29, 0.717) is 0 Å². The molecule has 0 unspecified atom stereocenters. The van der Waals surface area contributed by atoms with Gasteiger partial charge in [-0.25, -0.2) is 14.8 Å². The van der Waals surface area contributed by atoms with Gasteiger partial charge in [0.2, 0.25) is 0 Å². The van der Waals surface area contributed by atoms with Gasteiger partial charge in [0, 0.05) is 6.08 Å². The van der Waals surface area contributed by atoms with Crippen molar-refractivity contribution in [1.82, 2.24) is 0 Å². The summed E-state index contributed by atoms with van der Waals surface area (Å²) in [6, 6.07) is 0. The molecule has 0 atom stereocenters. The van der Waals surface area contributed by atoms with Gasteiger partial charge in [-0.1, -0.05) is 6.58 Å². The third-order valence-corrected chi connectivity index (χ3v) is 0.674. The minimum atomic E-state index is -1.02. The van der Waals surface area contributed by atoms with Crippen molar-refractivity contribution in [2.75, 3.05) is 0 Å². The third kappa shape index (κ3) is 5.15. The molecule has 0 saturated carbocycles. The molecule has 0 spiro atoms. The molecule has 0 aromatic heterocycles. The first-order chi connectivity index (χ1) is 5.70. The summed E-state index contributed by atoms with van der Waals surface area (Å²) in [4.78, 5) is 24.2. The van der Waals surface area contributed by atoms with Crippen LogP contribution in [0, 0.1) is 0 Å². The van der Waals surface area contributed by atoms with Gasteiger partial charge in [-0.2, -0.15) is 0 Å². The van der Waals surface area contributed by atoms with Crippen LogP contribution in [-0.2, 0) is 24.3 Å². The van der Waals surface area contributed by atoms with Crippen LogP contribution >= 0.6 is 0 Å². The second-order valence-electron chi connectivity index (χ2n) is 1.42. The van der Waals surface area contributed by atoms with Crippen molar-refractivity contribution in [2.45, 2.75) is 0 Å². The molecule has 0 aliphatic heterocycles. The van der Waals surface area contributed by atoms with Crippen molar-refractivity contribution in [3.8, 4) is 0 Å². The Labute approximate surface area is 67.5 Å². The van der Waals surface area contributed by atoms with E-state index in [0.717, 1.165) is 18.4 Å². The van der Waals surface area contributed by atoms with Gasteiger partial charge in [-0.3, -0.25) is 4.89 Å². The van der Waals surface area contributed by atoms with E-state index < -0.39 is 11.9 Å². The van der Waals surface area contributed by atoms with E-state index in [1.54, 1.807) is 0 Å². The van der Waals surface area contributed by atoms with E-state index in [1.807, 2.05) is 0 Å². The first-order valence-corrected chi connectivity index (χ1v) is 2.72. The van der Waals surface area contributed by atoms with Gasteiger partial charge in [0.25, 0.3) is 0 Å². The van der Waals surface area contributed by atoms with E-state index in [9.17, 15) is 9.59 Å². The molecule has 66 valence electrons. The molecule has 0 amide bonds. The summed E-state index contributed by atoms with van der Waals surface area (Å²) >= 11 is 0. The van der Waals surface area contributed by atoms with Gasteiger partial charge in [-0.15, -0.1) is 0 Å². The zero-order valence-corrected chi connectivity index (χ0v) is 5.93. The lowest BCUT2D eigenvalue weighted by atomic mass is 10.6. The molecular formula is C6H6O6. The fourth-order valence-electron chi connectivity index (χ4n) is 0.269. The maximum Gasteiger partial charge on any atom is 0.372 e. The Hall–Kier alpha value is -1.66. The Morgan fingerprint density at radius 2 is 2.00 bits per heavy atom. The van der Waals surface area contributed by atoms with Gasteiger partial charge in [0.1, 0.15) is 6.26 Å². The molecule has 1 N–H and O–H groups in total. The van der Waals surface area contributed by atoms with Crippen LogP contribution in [0.25, 0.3) is 0 Å². The number of carbonyl (C=O) groups is 2. The van der Waals surface area contributed by atoms with E-state index in [2.05, 4.69) is 21.2 Å². The van der Waals surface area contributed by atoms with Crippen LogP contribution in [0.2, 0.25) is 0 Å². The van der Waals surface area contributed by atoms with Crippen LogP contribution in [0.4, 0.5) is 0 Å². The quantitative estimate of drug-likeness (QED) is 0.215. The Morgan fingerprint density at radius 3 is 2.50 bits per heavy atom. The Kier molecular flexibility index (Phi) is 5.24. The SMILES string of the molecule is C=CC(=O)OC=CC(=O)OOO. The molecule has 0 aliphatic carbocycles. The number of rotatable bonds is 4. The highest BCUT2D eigenvalue weighted by Crippen LogP contribution is 1.84. The van der Waals surface area contributed by atoms with Gasteiger partial charge in [0.05, 0.1) is 6.08 Å². The number of esters is 1. The highest BCUT2D eigenvalue weighted by atomic mass is 17.5. The number of ether oxygens (including phenoxy) is 1. The summed E-state index contributed by atoms with van der Waals surface area (Å²) < 4.78 is 4.23. The molecular weight excluding hydrogens is 168 g/mol. The maximum atomic E-state index is 10.3. The second-order valence-corrected chi connectivity index (χ2v) is 1.42. The van der Waals surface area contributed by atoms with Crippen molar-refractivity contribution in [1.29, 1.82) is 0 Å². The summed E-state index contributed by atoms with van der Waals surface area (Å²) in [6.45, 7) is 3.11. The van der Waals surface area contributed by atoms with E-state index in [1.165, 1.54) is 0 Å². The van der Waals surface area contributed by atoms with Crippen LogP contribution in [0.3, 0.4) is 0 Å². The fraction of sp³-hybridized carbons (Fsp3) is 0. The van der Waals surface area contributed by atoms with Gasteiger partial charge in [0.15, 0.2) is 0 Å². The lowest BCUT2D eigenvalue weighted by Gasteiger charge is -1.91. The van der Waals surface area contributed by atoms with E-state index >= 15 is 0 Å². The largest absolute Gasteiger partial charge is 0.431 e. The Morgan fingerprint density at radius 1 is 1.33 bits per heavy atom. The number of carbonyl (C=O) groups excluding carboxylic acids is 2. The third-order valence-electron chi connectivity index (χ3n) is 0.674. The number of hydrogen-bond acceptors (Lipinski definition) is 6. The van der Waals surface area contributed by atoms with Crippen molar-refractivity contribution in [2.24, 2.45) is 0 Å². The minimum Gasteiger partial charge on any atom is -0.431 e. The lowest BCUT2D eigenvalue weighted by molar-refractivity contribution is -0.460. The summed E-state index contributed by atoms with van der Waals surface area (Å²) in [5.41, 5.74) is 0. The summed E-state index contributed by atoms with van der Waals surface area (Å²) in [5, 5.41) is 10.6. The van der Waals surface area contributed by atoms with Gasteiger partial charge < -0.3 is 4.74 Å². The molecule has 0 heterocycles. The highest BCUT2D eigenvalue weighted by molar-refractivity contribution is 5.84.